The molecular formula is C12H15N3. The Balaban J connectivity index is 2.49. The fraction of sp³-hybridized carbons (Fsp3) is 0.333. The molecule has 1 N–H and O–H groups in total. The molecule has 0 bridgehead atoms. The lowest BCUT2D eigenvalue weighted by atomic mass is 10.0. The van der Waals surface area contributed by atoms with E-state index >= 15 is 0 Å². The molecule has 0 saturated heterocycles. The third-order valence-electron chi connectivity index (χ3n) is 2.40. The van der Waals surface area contributed by atoms with E-state index in [4.69, 9.17) is 0 Å². The molecule has 2 aromatic heterocycles. The van der Waals surface area contributed by atoms with Crippen LogP contribution in [0.1, 0.15) is 31.2 Å². The Morgan fingerprint density at radius 1 is 1.20 bits per heavy atom. The van der Waals surface area contributed by atoms with E-state index in [1.54, 1.807) is 0 Å². The van der Waals surface area contributed by atoms with Crippen molar-refractivity contribution in [3.63, 3.8) is 0 Å². The van der Waals surface area contributed by atoms with Crippen LogP contribution in [0.15, 0.2) is 24.5 Å². The number of rotatable bonds is 2. The maximum Gasteiger partial charge on any atom is 0.0565 e. The lowest BCUT2D eigenvalue weighted by Crippen LogP contribution is -1.95. The molecule has 2 aromatic rings. The number of H-pyrrole nitrogens is 1. The van der Waals surface area contributed by atoms with E-state index < -0.39 is 0 Å². The molecule has 78 valence electrons. The zero-order chi connectivity index (χ0) is 10.8. The molecule has 15 heavy (non-hydrogen) atoms. The summed E-state index contributed by atoms with van der Waals surface area (Å²) in [6.45, 7) is 6.33. The summed E-state index contributed by atoms with van der Waals surface area (Å²) < 4.78 is 0. The van der Waals surface area contributed by atoms with Gasteiger partial charge in [-0.1, -0.05) is 13.8 Å². The number of aromatic amines is 1. The molecule has 0 aliphatic rings. The quantitative estimate of drug-likeness (QED) is 0.811. The van der Waals surface area contributed by atoms with Gasteiger partial charge in [0.25, 0.3) is 0 Å². The molecule has 0 saturated carbocycles. The SMILES string of the molecule is Cc1cc(-c2cn[nH]c2)cc(C(C)C)n1. The van der Waals surface area contributed by atoms with Crippen LogP contribution in [0.3, 0.4) is 0 Å². The summed E-state index contributed by atoms with van der Waals surface area (Å²) in [6, 6.07) is 4.21. The molecule has 0 aromatic carbocycles. The van der Waals surface area contributed by atoms with Crippen LogP contribution in [-0.4, -0.2) is 15.2 Å². The highest BCUT2D eigenvalue weighted by molar-refractivity contribution is 5.62. The van der Waals surface area contributed by atoms with Crippen LogP contribution in [0.2, 0.25) is 0 Å². The van der Waals surface area contributed by atoms with Crippen LogP contribution in [0.4, 0.5) is 0 Å². The van der Waals surface area contributed by atoms with Crippen LogP contribution in [0.5, 0.6) is 0 Å². The molecule has 3 heteroatoms. The second-order valence-corrected chi connectivity index (χ2v) is 4.06. The lowest BCUT2D eigenvalue weighted by molar-refractivity contribution is 0.816. The fourth-order valence-electron chi connectivity index (χ4n) is 1.57. The second kappa shape index (κ2) is 3.85. The molecular weight excluding hydrogens is 186 g/mol. The van der Waals surface area contributed by atoms with Gasteiger partial charge in [-0.05, 0) is 30.5 Å². The van der Waals surface area contributed by atoms with Crippen LogP contribution in [0, 0.1) is 6.92 Å². The van der Waals surface area contributed by atoms with Gasteiger partial charge < -0.3 is 0 Å². The lowest BCUT2D eigenvalue weighted by Gasteiger charge is -2.07. The van der Waals surface area contributed by atoms with Gasteiger partial charge in [0.15, 0.2) is 0 Å². The summed E-state index contributed by atoms with van der Waals surface area (Å²) in [6.07, 6.45) is 3.73. The first-order chi connectivity index (χ1) is 7.16. The molecule has 0 aliphatic heterocycles. The monoisotopic (exact) mass is 201 g/mol. The van der Waals surface area contributed by atoms with E-state index in [-0.39, 0.29) is 0 Å². The first-order valence-electron chi connectivity index (χ1n) is 5.14. The molecule has 0 spiro atoms. The normalized spacial score (nSPS) is 10.9. The number of nitrogens with zero attached hydrogens (tertiary/aromatic N) is 2. The van der Waals surface area contributed by atoms with Gasteiger partial charge in [0.1, 0.15) is 0 Å². The average molecular weight is 201 g/mol. The van der Waals surface area contributed by atoms with Gasteiger partial charge in [0, 0.05) is 23.1 Å². The second-order valence-electron chi connectivity index (χ2n) is 4.06. The predicted molar refractivity (Wildman–Crippen MR) is 60.6 cm³/mol. The molecule has 0 amide bonds. The van der Waals surface area contributed by atoms with E-state index in [0.717, 1.165) is 17.0 Å². The standard InChI is InChI=1S/C12H15N3/c1-8(2)12-5-10(4-9(3)15-12)11-6-13-14-7-11/h4-8H,1-3H3,(H,13,14). The van der Waals surface area contributed by atoms with Crippen molar-refractivity contribution in [3.8, 4) is 11.1 Å². The predicted octanol–water partition coefficient (Wildman–Crippen LogP) is 2.90. The summed E-state index contributed by atoms with van der Waals surface area (Å²) >= 11 is 0. The molecule has 2 heterocycles. The minimum Gasteiger partial charge on any atom is -0.285 e. The van der Waals surface area contributed by atoms with E-state index in [1.165, 1.54) is 5.56 Å². The number of nitrogens with one attached hydrogen (secondary N) is 1. The molecule has 0 fully saturated rings. The van der Waals surface area contributed by atoms with Gasteiger partial charge in [0.2, 0.25) is 0 Å². The Morgan fingerprint density at radius 3 is 2.60 bits per heavy atom. The van der Waals surface area contributed by atoms with E-state index in [1.807, 2.05) is 19.3 Å². The first-order valence-corrected chi connectivity index (χ1v) is 5.14. The van der Waals surface area contributed by atoms with Gasteiger partial charge in [-0.25, -0.2) is 0 Å². The Labute approximate surface area is 89.6 Å². The van der Waals surface area contributed by atoms with Crippen molar-refractivity contribution < 1.29 is 0 Å². The van der Waals surface area contributed by atoms with Crippen molar-refractivity contribution in [3.05, 3.63) is 35.9 Å². The van der Waals surface area contributed by atoms with E-state index in [9.17, 15) is 0 Å². The largest absolute Gasteiger partial charge is 0.285 e. The summed E-state index contributed by atoms with van der Waals surface area (Å²) in [4.78, 5) is 4.51. The van der Waals surface area contributed by atoms with E-state index in [0.29, 0.717) is 5.92 Å². The molecule has 2 rings (SSSR count). The average Bonchev–Trinajstić information content (AvgIpc) is 2.69. The van der Waals surface area contributed by atoms with Crippen molar-refractivity contribution in [2.75, 3.05) is 0 Å². The number of hydrogen-bond donors (Lipinski definition) is 1. The molecule has 0 aliphatic carbocycles. The molecule has 0 radical (unpaired) electrons. The maximum atomic E-state index is 4.51. The molecule has 3 nitrogen and oxygen atoms in total. The third-order valence-corrected chi connectivity index (χ3v) is 2.40. The minimum absolute atomic E-state index is 0.454. The fourth-order valence-corrected chi connectivity index (χ4v) is 1.57. The number of aromatic nitrogens is 3. The molecule has 0 unspecified atom stereocenters. The smallest absolute Gasteiger partial charge is 0.0565 e. The summed E-state index contributed by atoms with van der Waals surface area (Å²) in [5.41, 5.74) is 4.48. The van der Waals surface area contributed by atoms with Crippen molar-refractivity contribution in [1.29, 1.82) is 0 Å². The Kier molecular flexibility index (Phi) is 2.54. The summed E-state index contributed by atoms with van der Waals surface area (Å²) in [5.74, 6) is 0.454. The topological polar surface area (TPSA) is 41.6 Å². The maximum absolute atomic E-state index is 4.51. The highest BCUT2D eigenvalue weighted by atomic mass is 15.1. The summed E-state index contributed by atoms with van der Waals surface area (Å²) in [7, 11) is 0. The Hall–Kier alpha value is -1.64. The van der Waals surface area contributed by atoms with Crippen molar-refractivity contribution in [2.24, 2.45) is 0 Å². The third kappa shape index (κ3) is 2.06. The molecule has 0 atom stereocenters. The van der Waals surface area contributed by atoms with Gasteiger partial charge in [0.05, 0.1) is 6.20 Å². The van der Waals surface area contributed by atoms with Crippen LogP contribution in [0.25, 0.3) is 11.1 Å². The van der Waals surface area contributed by atoms with Crippen LogP contribution >= 0.6 is 0 Å². The van der Waals surface area contributed by atoms with Crippen molar-refractivity contribution in [2.45, 2.75) is 26.7 Å². The Morgan fingerprint density at radius 2 is 2.00 bits per heavy atom. The number of hydrogen-bond acceptors (Lipinski definition) is 2. The van der Waals surface area contributed by atoms with Crippen molar-refractivity contribution >= 4 is 0 Å². The first kappa shape index (κ1) is 9.90. The Bertz CT molecular complexity index is 444. The van der Waals surface area contributed by atoms with E-state index in [2.05, 4.69) is 41.2 Å². The van der Waals surface area contributed by atoms with Gasteiger partial charge in [-0.15, -0.1) is 0 Å². The number of pyridine rings is 1. The minimum atomic E-state index is 0.454. The van der Waals surface area contributed by atoms with Gasteiger partial charge in [-0.3, -0.25) is 10.1 Å². The summed E-state index contributed by atoms with van der Waals surface area (Å²) in [5, 5.41) is 6.78. The number of aryl methyl sites for hydroxylation is 1. The van der Waals surface area contributed by atoms with Crippen LogP contribution < -0.4 is 0 Å². The zero-order valence-electron chi connectivity index (χ0n) is 9.28. The van der Waals surface area contributed by atoms with Gasteiger partial charge >= 0.3 is 0 Å². The highest BCUT2D eigenvalue weighted by Crippen LogP contribution is 2.22. The zero-order valence-corrected chi connectivity index (χ0v) is 9.28. The highest BCUT2D eigenvalue weighted by Gasteiger charge is 2.06. The van der Waals surface area contributed by atoms with Crippen LogP contribution in [-0.2, 0) is 0 Å². The van der Waals surface area contributed by atoms with Gasteiger partial charge in [-0.2, -0.15) is 5.10 Å². The van der Waals surface area contributed by atoms with Crippen molar-refractivity contribution in [1.82, 2.24) is 15.2 Å².